The lowest BCUT2D eigenvalue weighted by atomic mass is 10.1. The summed E-state index contributed by atoms with van der Waals surface area (Å²) in [6, 6.07) is 14.6. The first-order chi connectivity index (χ1) is 13.1. The molecule has 3 aromatic rings. The molecule has 4 rings (SSSR count). The highest BCUT2D eigenvalue weighted by Crippen LogP contribution is 2.23. The van der Waals surface area contributed by atoms with Gasteiger partial charge in [0, 0.05) is 50.2 Å². The maximum Gasteiger partial charge on any atom is 0.223 e. The van der Waals surface area contributed by atoms with Gasteiger partial charge in [0.15, 0.2) is 0 Å². The van der Waals surface area contributed by atoms with Gasteiger partial charge in [0.1, 0.15) is 5.65 Å². The predicted octanol–water partition coefficient (Wildman–Crippen LogP) is 3.31. The van der Waals surface area contributed by atoms with E-state index in [1.807, 2.05) is 39.9 Å². The molecular formula is C22H26N4O. The van der Waals surface area contributed by atoms with Crippen LogP contribution in [-0.4, -0.2) is 45.9 Å². The number of anilines is 1. The Morgan fingerprint density at radius 2 is 1.96 bits per heavy atom. The molecule has 2 aromatic heterocycles. The van der Waals surface area contributed by atoms with Gasteiger partial charge < -0.3 is 14.2 Å². The fourth-order valence-corrected chi connectivity index (χ4v) is 3.95. The molecule has 0 unspecified atom stereocenters. The number of hydrogen-bond donors (Lipinski definition) is 0. The number of nitrogens with zero attached hydrogens (tertiary/aromatic N) is 4. The summed E-state index contributed by atoms with van der Waals surface area (Å²) in [6.07, 6.45) is 5.20. The highest BCUT2D eigenvalue weighted by atomic mass is 16.2. The highest BCUT2D eigenvalue weighted by Gasteiger charge is 2.27. The summed E-state index contributed by atoms with van der Waals surface area (Å²) in [5.41, 5.74) is 4.47. The van der Waals surface area contributed by atoms with Crippen molar-refractivity contribution in [2.45, 2.75) is 32.7 Å². The Balaban J connectivity index is 1.36. The Bertz CT molecular complexity index is 915. The lowest BCUT2D eigenvalue weighted by molar-refractivity contribution is -0.133. The van der Waals surface area contributed by atoms with E-state index in [0.717, 1.165) is 31.0 Å². The number of amides is 1. The molecule has 1 aliphatic rings. The Morgan fingerprint density at radius 3 is 2.74 bits per heavy atom. The van der Waals surface area contributed by atoms with Crippen LogP contribution in [0.15, 0.2) is 54.9 Å². The minimum absolute atomic E-state index is 0.215. The smallest absolute Gasteiger partial charge is 0.223 e. The van der Waals surface area contributed by atoms with Crippen LogP contribution in [0.3, 0.4) is 0 Å². The van der Waals surface area contributed by atoms with E-state index in [0.29, 0.717) is 12.8 Å². The van der Waals surface area contributed by atoms with Crippen LogP contribution in [-0.2, 0) is 11.2 Å². The molecule has 1 amide bonds. The summed E-state index contributed by atoms with van der Waals surface area (Å²) in [7, 11) is 0. The second-order valence-electron chi connectivity index (χ2n) is 7.37. The van der Waals surface area contributed by atoms with E-state index >= 15 is 0 Å². The number of para-hydroxylation sites is 1. The van der Waals surface area contributed by atoms with Crippen molar-refractivity contribution in [3.05, 3.63) is 66.1 Å². The van der Waals surface area contributed by atoms with Crippen molar-refractivity contribution in [2.24, 2.45) is 0 Å². The summed E-state index contributed by atoms with van der Waals surface area (Å²) in [6.45, 7) is 6.83. The SMILES string of the molecule is Cc1ccccc1N1CCN(C(=O)CCc2cn3ccccc3n2)[C@H](C)C1. The number of imidazole rings is 1. The average molecular weight is 362 g/mol. The normalized spacial score (nSPS) is 17.5. The minimum atomic E-state index is 0.215. The van der Waals surface area contributed by atoms with Gasteiger partial charge in [-0.15, -0.1) is 0 Å². The first-order valence-electron chi connectivity index (χ1n) is 9.64. The molecule has 0 bridgehead atoms. The average Bonchev–Trinajstić information content (AvgIpc) is 3.09. The number of piperazine rings is 1. The third-order valence-electron chi connectivity index (χ3n) is 5.41. The lowest BCUT2D eigenvalue weighted by Gasteiger charge is -2.41. The van der Waals surface area contributed by atoms with Crippen LogP contribution >= 0.6 is 0 Å². The van der Waals surface area contributed by atoms with Gasteiger partial charge in [-0.05, 0) is 44.0 Å². The number of aryl methyl sites for hydroxylation is 2. The highest BCUT2D eigenvalue weighted by molar-refractivity contribution is 5.77. The number of hydrogen-bond acceptors (Lipinski definition) is 3. The van der Waals surface area contributed by atoms with Crippen molar-refractivity contribution >= 4 is 17.2 Å². The number of aromatic nitrogens is 2. The van der Waals surface area contributed by atoms with E-state index in [1.165, 1.54) is 11.3 Å². The molecule has 0 N–H and O–H groups in total. The fourth-order valence-electron chi connectivity index (χ4n) is 3.95. The molecule has 140 valence electrons. The summed E-state index contributed by atoms with van der Waals surface area (Å²) in [5.74, 6) is 0.226. The first-order valence-corrected chi connectivity index (χ1v) is 9.64. The molecule has 5 heteroatoms. The third-order valence-corrected chi connectivity index (χ3v) is 5.41. The van der Waals surface area contributed by atoms with Crippen LogP contribution < -0.4 is 4.90 Å². The van der Waals surface area contributed by atoms with E-state index in [2.05, 4.69) is 48.0 Å². The molecule has 1 aromatic carbocycles. The van der Waals surface area contributed by atoms with Gasteiger partial charge in [0.2, 0.25) is 5.91 Å². The summed E-state index contributed by atoms with van der Waals surface area (Å²) in [4.78, 5) is 21.8. The lowest BCUT2D eigenvalue weighted by Crippen LogP contribution is -2.54. The van der Waals surface area contributed by atoms with Gasteiger partial charge >= 0.3 is 0 Å². The summed E-state index contributed by atoms with van der Waals surface area (Å²) >= 11 is 0. The Labute approximate surface area is 160 Å². The molecule has 27 heavy (non-hydrogen) atoms. The molecule has 0 saturated carbocycles. The van der Waals surface area contributed by atoms with E-state index in [-0.39, 0.29) is 11.9 Å². The number of rotatable bonds is 4. The zero-order valence-electron chi connectivity index (χ0n) is 16.0. The zero-order chi connectivity index (χ0) is 18.8. The Kier molecular flexibility index (Phi) is 4.84. The van der Waals surface area contributed by atoms with E-state index in [1.54, 1.807) is 0 Å². The molecule has 1 saturated heterocycles. The molecule has 0 spiro atoms. The Morgan fingerprint density at radius 1 is 1.15 bits per heavy atom. The van der Waals surface area contributed by atoms with Crippen LogP contribution in [0.1, 0.15) is 24.6 Å². The molecule has 0 aliphatic carbocycles. The fraction of sp³-hybridized carbons (Fsp3) is 0.364. The number of carbonyl (C=O) groups is 1. The predicted molar refractivity (Wildman–Crippen MR) is 108 cm³/mol. The molecule has 3 heterocycles. The number of pyridine rings is 1. The van der Waals surface area contributed by atoms with E-state index < -0.39 is 0 Å². The molecular weight excluding hydrogens is 336 g/mol. The standard InChI is InChI=1S/C22H26N4O/c1-17-7-3-4-8-20(17)24-13-14-26(18(2)15-24)22(27)11-10-19-16-25-12-6-5-9-21(25)23-19/h3-9,12,16,18H,10-11,13-15H2,1-2H3/t18-/m1/s1. The van der Waals surface area contributed by atoms with Crippen molar-refractivity contribution in [3.8, 4) is 0 Å². The summed E-state index contributed by atoms with van der Waals surface area (Å²) in [5, 5.41) is 0. The minimum Gasteiger partial charge on any atom is -0.367 e. The van der Waals surface area contributed by atoms with Gasteiger partial charge in [-0.1, -0.05) is 24.3 Å². The number of fused-ring (bicyclic) bond motifs is 1. The maximum atomic E-state index is 12.8. The molecule has 0 radical (unpaired) electrons. The Hall–Kier alpha value is -2.82. The van der Waals surface area contributed by atoms with E-state index in [9.17, 15) is 4.79 Å². The molecule has 1 fully saturated rings. The second-order valence-corrected chi connectivity index (χ2v) is 7.37. The van der Waals surface area contributed by atoms with Gasteiger partial charge in [-0.3, -0.25) is 4.79 Å². The number of benzene rings is 1. The molecule has 1 aliphatic heterocycles. The summed E-state index contributed by atoms with van der Waals surface area (Å²) < 4.78 is 2.00. The molecule has 5 nitrogen and oxygen atoms in total. The molecule has 1 atom stereocenters. The van der Waals surface area contributed by atoms with Gasteiger partial charge in [0.05, 0.1) is 5.69 Å². The van der Waals surface area contributed by atoms with Crippen LogP contribution in [0.4, 0.5) is 5.69 Å². The topological polar surface area (TPSA) is 40.9 Å². The third kappa shape index (κ3) is 3.68. The van der Waals surface area contributed by atoms with Crippen molar-refractivity contribution in [1.29, 1.82) is 0 Å². The van der Waals surface area contributed by atoms with Crippen LogP contribution in [0.25, 0.3) is 5.65 Å². The van der Waals surface area contributed by atoms with Gasteiger partial charge in [-0.25, -0.2) is 4.98 Å². The largest absolute Gasteiger partial charge is 0.367 e. The van der Waals surface area contributed by atoms with Crippen LogP contribution in [0, 0.1) is 6.92 Å². The zero-order valence-corrected chi connectivity index (χ0v) is 16.0. The first kappa shape index (κ1) is 17.6. The second kappa shape index (κ2) is 7.43. The quantitative estimate of drug-likeness (QED) is 0.715. The number of carbonyl (C=O) groups excluding carboxylic acids is 1. The van der Waals surface area contributed by atoms with Crippen LogP contribution in [0.5, 0.6) is 0 Å². The van der Waals surface area contributed by atoms with E-state index in [4.69, 9.17) is 0 Å². The van der Waals surface area contributed by atoms with Crippen molar-refractivity contribution < 1.29 is 4.79 Å². The maximum absolute atomic E-state index is 12.8. The van der Waals surface area contributed by atoms with Crippen LogP contribution in [0.2, 0.25) is 0 Å². The monoisotopic (exact) mass is 362 g/mol. The van der Waals surface area contributed by atoms with Crippen molar-refractivity contribution in [2.75, 3.05) is 24.5 Å². The van der Waals surface area contributed by atoms with Gasteiger partial charge in [0.25, 0.3) is 0 Å². The van der Waals surface area contributed by atoms with Crippen molar-refractivity contribution in [1.82, 2.24) is 14.3 Å². The van der Waals surface area contributed by atoms with Gasteiger partial charge in [-0.2, -0.15) is 0 Å². The van der Waals surface area contributed by atoms with Crippen molar-refractivity contribution in [3.63, 3.8) is 0 Å².